The lowest BCUT2D eigenvalue weighted by atomic mass is 9.95. The third-order valence-corrected chi connectivity index (χ3v) is 4.45. The lowest BCUT2D eigenvalue weighted by molar-refractivity contribution is -0.130. The summed E-state index contributed by atoms with van der Waals surface area (Å²) in [4.78, 5) is 26.9. The Balaban J connectivity index is 1.95. The molecule has 1 amide bonds. The minimum Gasteiger partial charge on any atom is -0.503 e. The maximum absolute atomic E-state index is 12.9. The highest BCUT2D eigenvalue weighted by Crippen LogP contribution is 2.37. The van der Waals surface area contributed by atoms with E-state index in [4.69, 9.17) is 4.74 Å². The molecule has 5 heteroatoms. The Labute approximate surface area is 158 Å². The van der Waals surface area contributed by atoms with Gasteiger partial charge in [-0.1, -0.05) is 66.7 Å². The summed E-state index contributed by atoms with van der Waals surface area (Å²) in [5.41, 5.74) is 1.72. The number of methoxy groups -OCH3 is 1. The zero-order chi connectivity index (χ0) is 19.2. The fourth-order valence-electron chi connectivity index (χ4n) is 3.13. The van der Waals surface area contributed by atoms with Gasteiger partial charge in [0.25, 0.3) is 5.91 Å². The first-order valence-electron chi connectivity index (χ1n) is 8.69. The molecule has 1 atom stereocenters. The lowest BCUT2D eigenvalue weighted by Crippen LogP contribution is -2.33. The minimum atomic E-state index is -0.637. The van der Waals surface area contributed by atoms with Crippen LogP contribution < -0.4 is 0 Å². The third-order valence-electron chi connectivity index (χ3n) is 4.45. The molecular weight excluding hydrogens is 342 g/mol. The van der Waals surface area contributed by atoms with Gasteiger partial charge in [0.2, 0.25) is 0 Å². The number of allylic oxidation sites excluding steroid dienone is 1. The maximum Gasteiger partial charge on any atom is 0.290 e. The van der Waals surface area contributed by atoms with E-state index < -0.39 is 23.5 Å². The number of rotatable bonds is 7. The number of hydrogen-bond acceptors (Lipinski definition) is 4. The monoisotopic (exact) mass is 363 g/mol. The van der Waals surface area contributed by atoms with E-state index in [1.165, 1.54) is 11.0 Å². The van der Waals surface area contributed by atoms with Gasteiger partial charge in [0.1, 0.15) is 0 Å². The van der Waals surface area contributed by atoms with Crippen LogP contribution in [-0.4, -0.2) is 42.0 Å². The van der Waals surface area contributed by atoms with E-state index in [0.717, 1.165) is 11.1 Å². The highest BCUT2D eigenvalue weighted by Gasteiger charge is 2.42. The van der Waals surface area contributed by atoms with E-state index in [1.54, 1.807) is 13.2 Å². The van der Waals surface area contributed by atoms with Crippen LogP contribution in [0.2, 0.25) is 0 Å². The molecule has 2 aromatic rings. The molecule has 0 fully saturated rings. The quantitative estimate of drug-likeness (QED) is 0.767. The molecule has 0 bridgehead atoms. The second-order valence-electron chi connectivity index (χ2n) is 6.18. The Hall–Kier alpha value is -3.18. The van der Waals surface area contributed by atoms with Crippen molar-refractivity contribution in [1.29, 1.82) is 0 Å². The Morgan fingerprint density at radius 2 is 1.74 bits per heavy atom. The summed E-state index contributed by atoms with van der Waals surface area (Å²) in [6, 6.07) is 18.0. The van der Waals surface area contributed by atoms with E-state index in [2.05, 4.69) is 0 Å². The number of amides is 1. The Morgan fingerprint density at radius 3 is 2.37 bits per heavy atom. The van der Waals surface area contributed by atoms with Gasteiger partial charge >= 0.3 is 0 Å². The molecule has 1 aliphatic rings. The van der Waals surface area contributed by atoms with Gasteiger partial charge in [-0.3, -0.25) is 9.59 Å². The third kappa shape index (κ3) is 3.99. The summed E-state index contributed by atoms with van der Waals surface area (Å²) in [5.74, 6) is -1.45. The molecule has 1 unspecified atom stereocenters. The molecule has 0 saturated carbocycles. The largest absolute Gasteiger partial charge is 0.503 e. The molecule has 0 aromatic heterocycles. The van der Waals surface area contributed by atoms with Crippen LogP contribution in [0.15, 0.2) is 78.1 Å². The average molecular weight is 363 g/mol. The highest BCUT2D eigenvalue weighted by molar-refractivity contribution is 6.14. The van der Waals surface area contributed by atoms with Crippen LogP contribution >= 0.6 is 0 Å². The van der Waals surface area contributed by atoms with Gasteiger partial charge in [0.15, 0.2) is 11.5 Å². The van der Waals surface area contributed by atoms with E-state index in [9.17, 15) is 14.7 Å². The van der Waals surface area contributed by atoms with Crippen LogP contribution in [-0.2, 0) is 14.3 Å². The first-order valence-corrected chi connectivity index (χ1v) is 8.69. The maximum atomic E-state index is 12.9. The van der Waals surface area contributed by atoms with Gasteiger partial charge in [-0.05, 0) is 17.2 Å². The van der Waals surface area contributed by atoms with Crippen molar-refractivity contribution in [3.8, 4) is 0 Å². The number of ether oxygens (including phenoxy) is 1. The van der Waals surface area contributed by atoms with Crippen LogP contribution in [0.3, 0.4) is 0 Å². The van der Waals surface area contributed by atoms with Crippen molar-refractivity contribution in [2.75, 3.05) is 20.3 Å². The van der Waals surface area contributed by atoms with Crippen molar-refractivity contribution in [2.24, 2.45) is 0 Å². The molecular formula is C22H21NO4. The zero-order valence-electron chi connectivity index (χ0n) is 15.0. The predicted molar refractivity (Wildman–Crippen MR) is 103 cm³/mol. The number of benzene rings is 2. The topological polar surface area (TPSA) is 66.8 Å². The van der Waals surface area contributed by atoms with E-state index in [1.807, 2.05) is 60.7 Å². The van der Waals surface area contributed by atoms with Crippen molar-refractivity contribution in [2.45, 2.75) is 6.04 Å². The molecule has 3 rings (SSSR count). The predicted octanol–water partition coefficient (Wildman–Crippen LogP) is 3.31. The smallest absolute Gasteiger partial charge is 0.290 e. The summed E-state index contributed by atoms with van der Waals surface area (Å²) < 4.78 is 5.08. The zero-order valence-corrected chi connectivity index (χ0v) is 15.0. The highest BCUT2D eigenvalue weighted by atomic mass is 16.5. The minimum absolute atomic E-state index is 0.0921. The van der Waals surface area contributed by atoms with Gasteiger partial charge in [0.05, 0.1) is 18.2 Å². The molecule has 1 heterocycles. The Morgan fingerprint density at radius 1 is 1.11 bits per heavy atom. The molecule has 138 valence electrons. The first-order chi connectivity index (χ1) is 13.1. The summed E-state index contributed by atoms with van der Waals surface area (Å²) >= 11 is 0. The normalized spacial score (nSPS) is 17.1. The fraction of sp³-hybridized carbons (Fsp3) is 0.182. The molecule has 1 aliphatic heterocycles. The van der Waals surface area contributed by atoms with Crippen LogP contribution in [0, 0.1) is 0 Å². The first kappa shape index (κ1) is 18.6. The van der Waals surface area contributed by atoms with Crippen LogP contribution in [0.4, 0.5) is 0 Å². The number of ketones is 1. The molecule has 27 heavy (non-hydrogen) atoms. The van der Waals surface area contributed by atoms with E-state index in [-0.39, 0.29) is 12.1 Å². The lowest BCUT2D eigenvalue weighted by Gasteiger charge is -2.26. The SMILES string of the molecule is COCCN1C(=O)C(O)=C(C(=O)/C=C/c2ccccc2)C1c1ccccc1. The van der Waals surface area contributed by atoms with Crippen molar-refractivity contribution < 1.29 is 19.4 Å². The average Bonchev–Trinajstić information content (AvgIpc) is 2.96. The number of carbonyl (C=O) groups excluding carboxylic acids is 2. The number of aliphatic hydroxyl groups excluding tert-OH is 1. The number of carbonyl (C=O) groups is 2. The molecule has 5 nitrogen and oxygen atoms in total. The molecule has 0 radical (unpaired) electrons. The van der Waals surface area contributed by atoms with Gasteiger partial charge < -0.3 is 14.7 Å². The molecule has 1 N–H and O–H groups in total. The van der Waals surface area contributed by atoms with E-state index in [0.29, 0.717) is 6.61 Å². The van der Waals surface area contributed by atoms with Crippen LogP contribution in [0.5, 0.6) is 0 Å². The number of hydrogen-bond donors (Lipinski definition) is 1. The van der Waals surface area contributed by atoms with Gasteiger partial charge in [-0.25, -0.2) is 0 Å². The van der Waals surface area contributed by atoms with Gasteiger partial charge in [-0.2, -0.15) is 0 Å². The molecule has 2 aromatic carbocycles. The molecule has 0 spiro atoms. The summed E-state index contributed by atoms with van der Waals surface area (Å²) in [7, 11) is 1.54. The molecule has 0 aliphatic carbocycles. The van der Waals surface area contributed by atoms with Gasteiger partial charge in [0, 0.05) is 13.7 Å². The number of nitrogens with zero attached hydrogens (tertiary/aromatic N) is 1. The van der Waals surface area contributed by atoms with Crippen molar-refractivity contribution in [1.82, 2.24) is 4.90 Å². The summed E-state index contributed by atoms with van der Waals surface area (Å²) in [5, 5.41) is 10.4. The van der Waals surface area contributed by atoms with Gasteiger partial charge in [-0.15, -0.1) is 0 Å². The molecule has 0 saturated heterocycles. The second kappa shape index (κ2) is 8.47. The van der Waals surface area contributed by atoms with Crippen LogP contribution in [0.1, 0.15) is 17.2 Å². The van der Waals surface area contributed by atoms with Crippen molar-refractivity contribution >= 4 is 17.8 Å². The fourth-order valence-corrected chi connectivity index (χ4v) is 3.13. The van der Waals surface area contributed by atoms with E-state index >= 15 is 0 Å². The number of aliphatic hydroxyl groups is 1. The second-order valence-corrected chi connectivity index (χ2v) is 6.18. The Bertz CT molecular complexity index is 872. The Kier molecular flexibility index (Phi) is 5.84. The van der Waals surface area contributed by atoms with Crippen LogP contribution in [0.25, 0.3) is 6.08 Å². The summed E-state index contributed by atoms with van der Waals surface area (Å²) in [6.45, 7) is 0.585. The standard InChI is InChI=1S/C22H21NO4/c1-27-15-14-23-20(17-10-6-3-7-11-17)19(21(25)22(23)26)18(24)13-12-16-8-4-2-5-9-16/h2-13,20,25H,14-15H2,1H3/b13-12+. The summed E-state index contributed by atoms with van der Waals surface area (Å²) in [6.07, 6.45) is 3.07. The van der Waals surface area contributed by atoms with Crippen molar-refractivity contribution in [3.05, 3.63) is 89.2 Å². The van der Waals surface area contributed by atoms with Crippen molar-refractivity contribution in [3.63, 3.8) is 0 Å².